The number of anilines is 1. The Morgan fingerprint density at radius 2 is 1.89 bits per heavy atom. The number of benzene rings is 1. The Morgan fingerprint density at radius 1 is 1.26 bits per heavy atom. The Hall–Kier alpha value is -1.20. The molecule has 0 aliphatic rings. The number of hydrogen-bond donors (Lipinski definition) is 1. The first-order valence-corrected chi connectivity index (χ1v) is 7.56. The van der Waals surface area contributed by atoms with E-state index >= 15 is 0 Å². The van der Waals surface area contributed by atoms with Crippen LogP contribution in [0, 0.1) is 5.41 Å². The molecule has 0 radical (unpaired) electrons. The van der Waals surface area contributed by atoms with E-state index in [4.69, 9.17) is 0 Å². The van der Waals surface area contributed by atoms with E-state index in [-0.39, 0.29) is 5.91 Å². The fourth-order valence-corrected chi connectivity index (χ4v) is 2.35. The van der Waals surface area contributed by atoms with Gasteiger partial charge in [0.1, 0.15) is 0 Å². The molecule has 0 saturated heterocycles. The minimum Gasteiger partial charge on any atom is -0.302 e. The summed E-state index contributed by atoms with van der Waals surface area (Å²) in [7, 11) is 0. The van der Waals surface area contributed by atoms with Gasteiger partial charge in [-0.2, -0.15) is 0 Å². The lowest BCUT2D eigenvalue weighted by Gasteiger charge is -2.15. The molecule has 0 fully saturated rings. The molecular weight excluding hydrogens is 324 g/mol. The monoisotopic (exact) mass is 338 g/mol. The number of nitrogens with one attached hydrogen (secondary N) is 1. The van der Waals surface area contributed by atoms with Crippen LogP contribution in [0.15, 0.2) is 34.1 Å². The van der Waals surface area contributed by atoms with Crippen LogP contribution in [-0.2, 0) is 4.79 Å². The van der Waals surface area contributed by atoms with Gasteiger partial charge in [-0.05, 0) is 12.1 Å². The first kappa shape index (κ1) is 14.2. The van der Waals surface area contributed by atoms with Crippen molar-refractivity contribution in [2.75, 3.05) is 5.32 Å². The molecule has 3 nitrogen and oxygen atoms in total. The average Bonchev–Trinajstić information content (AvgIpc) is 2.77. The summed E-state index contributed by atoms with van der Waals surface area (Å²) in [4.78, 5) is 16.3. The molecule has 100 valence electrons. The number of halogens is 1. The Balaban J connectivity index is 2.16. The molecule has 0 aliphatic carbocycles. The first-order valence-electron chi connectivity index (χ1n) is 5.89. The third-order valence-electron chi connectivity index (χ3n) is 2.55. The Morgan fingerprint density at radius 3 is 2.47 bits per heavy atom. The molecule has 0 atom stereocenters. The summed E-state index contributed by atoms with van der Waals surface area (Å²) in [5.41, 5.74) is 1.50. The van der Waals surface area contributed by atoms with Gasteiger partial charge in [0.2, 0.25) is 5.91 Å². The summed E-state index contributed by atoms with van der Waals surface area (Å²) in [5.74, 6) is -0.0239. The second kappa shape index (κ2) is 5.43. The van der Waals surface area contributed by atoms with E-state index < -0.39 is 5.41 Å². The van der Waals surface area contributed by atoms with Crippen molar-refractivity contribution in [2.24, 2.45) is 5.41 Å². The number of thiazole rings is 1. The lowest BCUT2D eigenvalue weighted by Crippen LogP contribution is -2.27. The molecule has 0 spiro atoms. The first-order chi connectivity index (χ1) is 8.86. The zero-order valence-corrected chi connectivity index (χ0v) is 13.4. The van der Waals surface area contributed by atoms with Crippen LogP contribution in [0.4, 0.5) is 5.13 Å². The Labute approximate surface area is 125 Å². The SMILES string of the molecule is CC(C)(C)C(=O)Nc1nc(-c2ccc(Br)cc2)cs1. The van der Waals surface area contributed by atoms with Crippen LogP contribution in [0.3, 0.4) is 0 Å². The lowest BCUT2D eigenvalue weighted by molar-refractivity contribution is -0.123. The van der Waals surface area contributed by atoms with Gasteiger partial charge in [0.25, 0.3) is 0 Å². The van der Waals surface area contributed by atoms with Crippen molar-refractivity contribution in [3.8, 4) is 11.3 Å². The van der Waals surface area contributed by atoms with Gasteiger partial charge < -0.3 is 5.32 Å². The number of carbonyl (C=O) groups is 1. The molecule has 2 aromatic rings. The van der Waals surface area contributed by atoms with E-state index in [1.807, 2.05) is 50.4 Å². The summed E-state index contributed by atoms with van der Waals surface area (Å²) in [6.45, 7) is 5.64. The quantitative estimate of drug-likeness (QED) is 0.872. The second-order valence-electron chi connectivity index (χ2n) is 5.25. The number of hydrogen-bond acceptors (Lipinski definition) is 3. The predicted octanol–water partition coefficient (Wildman–Crippen LogP) is 4.56. The third-order valence-corrected chi connectivity index (χ3v) is 3.83. The highest BCUT2D eigenvalue weighted by atomic mass is 79.9. The minimum absolute atomic E-state index is 0.0239. The summed E-state index contributed by atoms with van der Waals surface area (Å²) >= 11 is 4.84. The number of carbonyl (C=O) groups excluding carboxylic acids is 1. The normalized spacial score (nSPS) is 11.4. The number of rotatable bonds is 2. The van der Waals surface area contributed by atoms with Crippen LogP contribution >= 0.6 is 27.3 Å². The second-order valence-corrected chi connectivity index (χ2v) is 7.02. The summed E-state index contributed by atoms with van der Waals surface area (Å²) in [6.07, 6.45) is 0. The molecule has 1 aromatic heterocycles. The molecule has 1 heterocycles. The standard InChI is InChI=1S/C14H15BrN2OS/c1-14(2,3)12(18)17-13-16-11(8-19-13)9-4-6-10(15)7-5-9/h4-8H,1-3H3,(H,16,17,18). The molecular formula is C14H15BrN2OS. The minimum atomic E-state index is -0.413. The van der Waals surface area contributed by atoms with E-state index in [2.05, 4.69) is 26.2 Å². The van der Waals surface area contributed by atoms with E-state index in [0.717, 1.165) is 15.7 Å². The summed E-state index contributed by atoms with van der Waals surface area (Å²) < 4.78 is 1.03. The van der Waals surface area contributed by atoms with Crippen molar-refractivity contribution in [2.45, 2.75) is 20.8 Å². The van der Waals surface area contributed by atoms with E-state index in [9.17, 15) is 4.79 Å². The Kier molecular flexibility index (Phi) is 4.06. The smallest absolute Gasteiger partial charge is 0.231 e. The highest BCUT2D eigenvalue weighted by Crippen LogP contribution is 2.27. The highest BCUT2D eigenvalue weighted by Gasteiger charge is 2.22. The van der Waals surface area contributed by atoms with Crippen LogP contribution in [0.2, 0.25) is 0 Å². The van der Waals surface area contributed by atoms with Crippen LogP contribution in [0.25, 0.3) is 11.3 Å². The van der Waals surface area contributed by atoms with Gasteiger partial charge in [-0.1, -0.05) is 48.8 Å². The average molecular weight is 339 g/mol. The number of amides is 1. The molecule has 0 aliphatic heterocycles. The molecule has 5 heteroatoms. The molecule has 0 saturated carbocycles. The molecule has 19 heavy (non-hydrogen) atoms. The van der Waals surface area contributed by atoms with Crippen molar-refractivity contribution in [1.82, 2.24) is 4.98 Å². The van der Waals surface area contributed by atoms with Gasteiger partial charge in [0.15, 0.2) is 5.13 Å². The van der Waals surface area contributed by atoms with Gasteiger partial charge >= 0.3 is 0 Å². The van der Waals surface area contributed by atoms with Crippen LogP contribution < -0.4 is 5.32 Å². The van der Waals surface area contributed by atoms with Crippen LogP contribution in [0.1, 0.15) is 20.8 Å². The van der Waals surface area contributed by atoms with Gasteiger partial charge in [0, 0.05) is 20.8 Å². The zero-order chi connectivity index (χ0) is 14.0. The fourth-order valence-electron chi connectivity index (χ4n) is 1.37. The fraction of sp³-hybridized carbons (Fsp3) is 0.286. The van der Waals surface area contributed by atoms with Crippen molar-refractivity contribution in [3.05, 3.63) is 34.1 Å². The molecule has 0 unspecified atom stereocenters. The third kappa shape index (κ3) is 3.64. The maximum atomic E-state index is 11.9. The van der Waals surface area contributed by atoms with Crippen LogP contribution in [0.5, 0.6) is 0 Å². The van der Waals surface area contributed by atoms with Crippen molar-refractivity contribution in [1.29, 1.82) is 0 Å². The van der Waals surface area contributed by atoms with Crippen LogP contribution in [-0.4, -0.2) is 10.9 Å². The molecule has 1 aromatic carbocycles. The molecule has 1 N–H and O–H groups in total. The molecule has 1 amide bonds. The van der Waals surface area contributed by atoms with Crippen molar-refractivity contribution >= 4 is 38.3 Å². The summed E-state index contributed by atoms with van der Waals surface area (Å²) in [5, 5.41) is 5.43. The topological polar surface area (TPSA) is 42.0 Å². The maximum Gasteiger partial charge on any atom is 0.231 e. The van der Waals surface area contributed by atoms with Gasteiger partial charge in [-0.15, -0.1) is 11.3 Å². The number of nitrogens with zero attached hydrogens (tertiary/aromatic N) is 1. The van der Waals surface area contributed by atoms with Gasteiger partial charge in [-0.25, -0.2) is 4.98 Å². The van der Waals surface area contributed by atoms with E-state index in [1.54, 1.807) is 0 Å². The lowest BCUT2D eigenvalue weighted by atomic mass is 9.96. The largest absolute Gasteiger partial charge is 0.302 e. The number of aromatic nitrogens is 1. The van der Waals surface area contributed by atoms with Crippen molar-refractivity contribution in [3.63, 3.8) is 0 Å². The predicted molar refractivity (Wildman–Crippen MR) is 83.3 cm³/mol. The maximum absolute atomic E-state index is 11.9. The summed E-state index contributed by atoms with van der Waals surface area (Å²) in [6, 6.07) is 7.94. The van der Waals surface area contributed by atoms with Gasteiger partial charge in [0.05, 0.1) is 5.69 Å². The zero-order valence-electron chi connectivity index (χ0n) is 11.0. The van der Waals surface area contributed by atoms with Gasteiger partial charge in [-0.3, -0.25) is 4.79 Å². The highest BCUT2D eigenvalue weighted by molar-refractivity contribution is 9.10. The van der Waals surface area contributed by atoms with Crippen molar-refractivity contribution < 1.29 is 4.79 Å². The van der Waals surface area contributed by atoms with E-state index in [1.165, 1.54) is 11.3 Å². The Bertz CT molecular complexity index is 584. The molecule has 0 bridgehead atoms. The molecule has 2 rings (SSSR count). The van der Waals surface area contributed by atoms with E-state index in [0.29, 0.717) is 5.13 Å².